The van der Waals surface area contributed by atoms with E-state index < -0.39 is 7.80 Å². The van der Waals surface area contributed by atoms with Crippen molar-refractivity contribution in [3.05, 3.63) is 93.3 Å². The molecule has 0 aromatic heterocycles. The molecule has 0 saturated heterocycles. The van der Waals surface area contributed by atoms with Gasteiger partial charge in [-0.2, -0.15) is 0 Å². The summed E-state index contributed by atoms with van der Waals surface area (Å²) in [6.07, 6.45) is 16.3. The summed E-state index contributed by atoms with van der Waals surface area (Å²) in [5, 5.41) is 1.46. The van der Waals surface area contributed by atoms with Crippen molar-refractivity contribution >= 4 is 21.0 Å². The van der Waals surface area contributed by atoms with Crippen molar-refractivity contribution in [3.8, 4) is 0 Å². The molecule has 2 aliphatic carbocycles. The minimum absolute atomic E-state index is 0. The second kappa shape index (κ2) is 12.6. The van der Waals surface area contributed by atoms with Crippen LogP contribution in [0, 0.1) is 62.9 Å². The molecule has 0 heterocycles. The van der Waals surface area contributed by atoms with Gasteiger partial charge in [0.15, 0.2) is 0 Å². The van der Waals surface area contributed by atoms with E-state index in [9.17, 15) is 4.57 Å². The van der Waals surface area contributed by atoms with Gasteiger partial charge in [-0.05, 0) is 67.3 Å². The molecule has 2 atom stereocenters. The zero-order chi connectivity index (χ0) is 21.7. The van der Waals surface area contributed by atoms with Crippen LogP contribution in [0.1, 0.15) is 48.5 Å². The Bertz CT molecular complexity index is 607. The zero-order valence-electron chi connectivity index (χ0n) is 19.3. The smallest absolute Gasteiger partial charge is 0.111 e. The van der Waals surface area contributed by atoms with Gasteiger partial charge >= 0.3 is 0 Å². The van der Waals surface area contributed by atoms with Crippen molar-refractivity contribution in [2.45, 2.75) is 64.4 Å². The maximum absolute atomic E-state index is 13.1. The molecule has 1 aromatic rings. The van der Waals surface area contributed by atoms with Gasteiger partial charge in [-0.15, -0.1) is 0 Å². The first-order chi connectivity index (χ1) is 13.5. The molecule has 2 fully saturated rings. The van der Waals surface area contributed by atoms with Gasteiger partial charge in [-0.25, -0.2) is 0 Å². The first kappa shape index (κ1) is 28.4. The van der Waals surface area contributed by atoms with Gasteiger partial charge in [-0.3, -0.25) is 0 Å². The standard InChI is InChI=1S/C21H31OP2.C5H5.Fe/c1-16(24(20(2,3)4)21(5,6)7)18-14-11-15-19(18)23(22)17-12-9-8-10-13-17;1-2-4-5-3-1;/h8-16,23H,1-7H3;1-5H;/t16-;;/m0../s1. The molecule has 164 valence electrons. The fraction of sp³-hybridized carbons (Fsp3) is 0.385. The fourth-order valence-electron chi connectivity index (χ4n) is 4.38. The van der Waals surface area contributed by atoms with E-state index in [2.05, 4.69) is 67.7 Å². The summed E-state index contributed by atoms with van der Waals surface area (Å²) in [5.74, 6) is 1.29. The van der Waals surface area contributed by atoms with Crippen molar-refractivity contribution in [3.63, 3.8) is 0 Å². The Morgan fingerprint density at radius 1 is 0.767 bits per heavy atom. The predicted octanol–water partition coefficient (Wildman–Crippen LogP) is 7.09. The van der Waals surface area contributed by atoms with E-state index in [4.69, 9.17) is 0 Å². The van der Waals surface area contributed by atoms with Crippen LogP contribution < -0.4 is 5.30 Å². The maximum atomic E-state index is 13.1. The normalized spacial score (nSPS) is 20.4. The van der Waals surface area contributed by atoms with E-state index >= 15 is 0 Å². The van der Waals surface area contributed by atoms with Crippen LogP contribution in [-0.2, 0) is 21.6 Å². The summed E-state index contributed by atoms with van der Waals surface area (Å²) in [6.45, 7) is 16.4. The predicted molar refractivity (Wildman–Crippen MR) is 132 cm³/mol. The molecule has 0 N–H and O–H groups in total. The molecule has 0 amide bonds. The SMILES string of the molecule is C[C@@H]([C]1[CH][CH][CH][C]1[P@H](=O)c1ccccc1)P(C(C)(C)C)C(C)(C)C.[CH]1[CH][CH][CH][CH]1.[Fe]. The minimum atomic E-state index is -1.94. The molecule has 1 nitrogen and oxygen atoms in total. The zero-order valence-corrected chi connectivity index (χ0v) is 22.3. The number of hydrogen-bond donors (Lipinski definition) is 0. The van der Waals surface area contributed by atoms with Crippen LogP contribution in [0.4, 0.5) is 0 Å². The van der Waals surface area contributed by atoms with Gasteiger partial charge in [0.05, 0.1) is 0 Å². The molecule has 0 bridgehead atoms. The van der Waals surface area contributed by atoms with E-state index in [1.54, 1.807) is 0 Å². The quantitative estimate of drug-likeness (QED) is 0.331. The van der Waals surface area contributed by atoms with Crippen LogP contribution in [0.25, 0.3) is 0 Å². The number of rotatable bonds is 4. The molecule has 30 heavy (non-hydrogen) atoms. The van der Waals surface area contributed by atoms with E-state index in [0.29, 0.717) is 5.66 Å². The van der Waals surface area contributed by atoms with Crippen molar-refractivity contribution in [2.75, 3.05) is 0 Å². The van der Waals surface area contributed by atoms with Crippen LogP contribution in [0.3, 0.4) is 0 Å². The van der Waals surface area contributed by atoms with Crippen LogP contribution in [0.15, 0.2) is 30.3 Å². The summed E-state index contributed by atoms with van der Waals surface area (Å²) in [5.41, 5.74) is 1.49. The number of hydrogen-bond acceptors (Lipinski definition) is 1. The summed E-state index contributed by atoms with van der Waals surface area (Å²) in [6, 6.07) is 9.89. The van der Waals surface area contributed by atoms with Crippen molar-refractivity contribution < 1.29 is 21.6 Å². The molecular weight excluding hydrogens is 446 g/mol. The Kier molecular flexibility index (Phi) is 11.9. The third-order valence-electron chi connectivity index (χ3n) is 4.97. The largest absolute Gasteiger partial charge is 0.321 e. The van der Waals surface area contributed by atoms with Crippen LogP contribution in [0.5, 0.6) is 0 Å². The summed E-state index contributed by atoms with van der Waals surface area (Å²) < 4.78 is 13.1. The molecule has 10 radical (unpaired) electrons. The van der Waals surface area contributed by atoms with E-state index in [0.717, 1.165) is 11.0 Å². The molecule has 0 unspecified atom stereocenters. The summed E-state index contributed by atoms with van der Waals surface area (Å²) in [7, 11) is -2.23. The van der Waals surface area contributed by atoms with Crippen molar-refractivity contribution in [2.24, 2.45) is 0 Å². The van der Waals surface area contributed by atoms with Gasteiger partial charge in [-0.1, -0.05) is 86.7 Å². The molecule has 1 aromatic carbocycles. The average molecular weight is 482 g/mol. The van der Waals surface area contributed by atoms with E-state index in [1.807, 2.05) is 62.4 Å². The first-order valence-electron chi connectivity index (χ1n) is 10.3. The Hall–Kier alpha value is 0.399. The molecule has 0 spiro atoms. The minimum Gasteiger partial charge on any atom is -0.321 e. The maximum Gasteiger partial charge on any atom is 0.111 e. The Balaban J connectivity index is 0.000000655. The molecular formula is C26H36FeOP2. The Morgan fingerprint density at radius 3 is 1.67 bits per heavy atom. The molecule has 2 saturated carbocycles. The average Bonchev–Trinajstić information content (AvgIpc) is 3.33. The van der Waals surface area contributed by atoms with Crippen LogP contribution >= 0.6 is 15.7 Å². The Morgan fingerprint density at radius 2 is 1.23 bits per heavy atom. The van der Waals surface area contributed by atoms with Gasteiger partial charge < -0.3 is 4.57 Å². The van der Waals surface area contributed by atoms with Crippen LogP contribution in [-0.4, -0.2) is 16.0 Å². The fourth-order valence-corrected chi connectivity index (χ4v) is 11.0. The van der Waals surface area contributed by atoms with Gasteiger partial charge in [0, 0.05) is 34.0 Å². The van der Waals surface area contributed by atoms with Crippen molar-refractivity contribution in [1.82, 2.24) is 0 Å². The number of benzene rings is 1. The van der Waals surface area contributed by atoms with E-state index in [-0.39, 0.29) is 35.3 Å². The van der Waals surface area contributed by atoms with Gasteiger partial charge in [0.25, 0.3) is 0 Å². The summed E-state index contributed by atoms with van der Waals surface area (Å²) in [4.78, 5) is 0. The van der Waals surface area contributed by atoms with Crippen LogP contribution in [0.2, 0.25) is 0 Å². The second-order valence-corrected chi connectivity index (χ2v) is 15.4. The van der Waals surface area contributed by atoms with E-state index in [1.165, 1.54) is 5.92 Å². The molecule has 0 aliphatic heterocycles. The molecule has 3 rings (SSSR count). The molecule has 2 aliphatic rings. The third kappa shape index (κ3) is 8.07. The first-order valence-corrected chi connectivity index (χ1v) is 13.2. The third-order valence-corrected chi connectivity index (χ3v) is 10.7. The Labute approximate surface area is 200 Å². The summed E-state index contributed by atoms with van der Waals surface area (Å²) >= 11 is 0. The molecule has 4 heteroatoms. The monoisotopic (exact) mass is 482 g/mol. The van der Waals surface area contributed by atoms with Gasteiger partial charge in [0.2, 0.25) is 0 Å². The van der Waals surface area contributed by atoms with Gasteiger partial charge in [0.1, 0.15) is 7.80 Å². The topological polar surface area (TPSA) is 17.1 Å². The second-order valence-electron chi connectivity index (χ2n) is 9.44. The van der Waals surface area contributed by atoms with Crippen molar-refractivity contribution in [1.29, 1.82) is 0 Å².